The molecule has 0 unspecified atom stereocenters. The summed E-state index contributed by atoms with van der Waals surface area (Å²) in [6.45, 7) is 4.13. The summed E-state index contributed by atoms with van der Waals surface area (Å²) < 4.78 is 0. The minimum absolute atomic E-state index is 0.381. The quantitative estimate of drug-likeness (QED) is 0.210. The van der Waals surface area contributed by atoms with Crippen LogP contribution in [0.1, 0.15) is 27.0 Å². The van der Waals surface area contributed by atoms with Gasteiger partial charge in [-0.25, -0.2) is 0 Å². The molecule has 2 aliphatic heterocycles. The van der Waals surface area contributed by atoms with E-state index in [0.717, 1.165) is 43.0 Å². The number of piperazine rings is 1. The Morgan fingerprint density at radius 2 is 1.41 bits per heavy atom. The first-order chi connectivity index (χ1) is 19.0. The molecule has 0 bridgehead atoms. The number of carbonyl (C=O) groups excluding carboxylic acids is 2. The fourth-order valence-corrected chi connectivity index (χ4v) is 5.08. The molecule has 39 heavy (non-hydrogen) atoms. The average Bonchev–Trinajstić information content (AvgIpc) is 2.96. The molecule has 0 atom stereocenters. The molecule has 4 aromatic carbocycles. The van der Waals surface area contributed by atoms with Gasteiger partial charge in [0.1, 0.15) is 0 Å². The van der Waals surface area contributed by atoms with Gasteiger partial charge >= 0.3 is 0 Å². The summed E-state index contributed by atoms with van der Waals surface area (Å²) in [5, 5.41) is 8.09. The minimum Gasteiger partial charge on any atom is -0.369 e. The molecule has 1 saturated heterocycles. The Morgan fingerprint density at radius 1 is 0.718 bits per heavy atom. The molecule has 0 aliphatic carbocycles. The Labute approximate surface area is 228 Å². The molecule has 0 radical (unpaired) electrons. The molecule has 4 aromatic rings. The van der Waals surface area contributed by atoms with Crippen LogP contribution in [0.5, 0.6) is 0 Å². The molecular formula is C33H30N4O2. The van der Waals surface area contributed by atoms with E-state index in [1.54, 1.807) is 12.3 Å². The van der Waals surface area contributed by atoms with E-state index in [1.807, 2.05) is 48.6 Å². The van der Waals surface area contributed by atoms with Crippen molar-refractivity contribution in [3.63, 3.8) is 0 Å². The van der Waals surface area contributed by atoms with E-state index in [4.69, 9.17) is 0 Å². The van der Waals surface area contributed by atoms with E-state index in [1.165, 1.54) is 16.5 Å². The molecule has 6 heteroatoms. The summed E-state index contributed by atoms with van der Waals surface area (Å²) in [6, 6.07) is 28.4. The second-order valence-electron chi connectivity index (χ2n) is 10.1. The summed E-state index contributed by atoms with van der Waals surface area (Å²) in [5.41, 5.74) is 5.58. The van der Waals surface area contributed by atoms with Crippen molar-refractivity contribution in [1.29, 1.82) is 0 Å². The van der Waals surface area contributed by atoms with Crippen molar-refractivity contribution in [2.45, 2.75) is 0 Å². The van der Waals surface area contributed by atoms with E-state index in [9.17, 15) is 9.59 Å². The second kappa shape index (κ2) is 10.6. The van der Waals surface area contributed by atoms with E-state index in [-0.39, 0.29) is 5.91 Å². The highest BCUT2D eigenvalue weighted by Gasteiger charge is 2.27. The number of rotatable bonds is 5. The van der Waals surface area contributed by atoms with Gasteiger partial charge in [-0.2, -0.15) is 0 Å². The highest BCUT2D eigenvalue weighted by atomic mass is 16.2. The number of benzene rings is 4. The Balaban J connectivity index is 1.23. The third kappa shape index (κ3) is 5.33. The molecular weight excluding hydrogens is 484 g/mol. The molecule has 2 heterocycles. The number of fused-ring (bicyclic) bond motifs is 2. The number of nitrogens with zero attached hydrogens (tertiary/aromatic N) is 2. The summed E-state index contributed by atoms with van der Waals surface area (Å²) in [5.74, 6) is -0.793. The smallest absolute Gasteiger partial charge is 0.260 e. The van der Waals surface area contributed by atoms with Crippen LogP contribution in [-0.4, -0.2) is 49.9 Å². The number of nitrogens with one attached hydrogen (secondary N) is 2. The lowest BCUT2D eigenvalue weighted by Gasteiger charge is -2.34. The number of amides is 2. The van der Waals surface area contributed by atoms with Crippen LogP contribution in [0.2, 0.25) is 0 Å². The summed E-state index contributed by atoms with van der Waals surface area (Å²) >= 11 is 0. The van der Waals surface area contributed by atoms with E-state index < -0.39 is 5.91 Å². The van der Waals surface area contributed by atoms with Gasteiger partial charge in [0.25, 0.3) is 11.8 Å². The van der Waals surface area contributed by atoms with Crippen LogP contribution in [0.3, 0.4) is 0 Å². The zero-order valence-electron chi connectivity index (χ0n) is 21.9. The fraction of sp³-hybridized carbons (Fsp3) is 0.152. The first kappa shape index (κ1) is 24.6. The van der Waals surface area contributed by atoms with Crippen LogP contribution in [-0.2, 0) is 4.79 Å². The third-order valence-electron chi connectivity index (χ3n) is 7.41. The first-order valence-electron chi connectivity index (χ1n) is 13.2. The first-order valence-corrected chi connectivity index (χ1v) is 13.2. The Hall–Kier alpha value is -4.68. The maximum absolute atomic E-state index is 12.8. The van der Waals surface area contributed by atoms with Crippen LogP contribution in [0.25, 0.3) is 28.5 Å². The van der Waals surface area contributed by atoms with Gasteiger partial charge in [-0.05, 0) is 71.4 Å². The van der Waals surface area contributed by atoms with Gasteiger partial charge in [0.05, 0.1) is 5.57 Å². The minimum atomic E-state index is -0.412. The van der Waals surface area contributed by atoms with Gasteiger partial charge in [-0.3, -0.25) is 14.9 Å². The maximum atomic E-state index is 12.8. The normalized spacial score (nSPS) is 17.1. The van der Waals surface area contributed by atoms with Crippen LogP contribution in [0.4, 0.5) is 11.4 Å². The monoisotopic (exact) mass is 514 g/mol. The standard InChI is InChI=1S/C33H30N4O2/c1-36-16-18-37(19-17-36)28-13-11-27(12-14-28)34-22-31-30-21-24(9-15-29(30)32(38)35-33(31)39)7-6-23-8-10-25-4-2-3-5-26(25)20-23/h2-15,20-22,34H,16-19H2,1H3,(H,35,38,39)/b7-6+,31-22-. The lowest BCUT2D eigenvalue weighted by Crippen LogP contribution is -2.44. The molecule has 194 valence electrons. The Kier molecular flexibility index (Phi) is 6.69. The zero-order chi connectivity index (χ0) is 26.8. The van der Waals surface area contributed by atoms with Crippen molar-refractivity contribution < 1.29 is 9.59 Å². The lowest BCUT2D eigenvalue weighted by atomic mass is 9.93. The molecule has 2 N–H and O–H groups in total. The maximum Gasteiger partial charge on any atom is 0.260 e. The molecule has 6 nitrogen and oxygen atoms in total. The summed E-state index contributed by atoms with van der Waals surface area (Å²) in [4.78, 5) is 30.1. The number of hydrogen-bond acceptors (Lipinski definition) is 5. The third-order valence-corrected chi connectivity index (χ3v) is 7.41. The zero-order valence-corrected chi connectivity index (χ0v) is 21.9. The molecule has 2 aliphatic rings. The van der Waals surface area contributed by atoms with Gasteiger partial charge in [0.2, 0.25) is 0 Å². The van der Waals surface area contributed by atoms with Crippen molar-refractivity contribution in [2.24, 2.45) is 0 Å². The molecule has 0 spiro atoms. The Morgan fingerprint density at radius 3 is 2.18 bits per heavy atom. The topological polar surface area (TPSA) is 64.7 Å². The lowest BCUT2D eigenvalue weighted by molar-refractivity contribution is -0.114. The Bertz CT molecular complexity index is 1610. The van der Waals surface area contributed by atoms with Crippen LogP contribution in [0.15, 0.2) is 91.1 Å². The summed E-state index contributed by atoms with van der Waals surface area (Å²) in [6.07, 6.45) is 5.73. The van der Waals surface area contributed by atoms with Crippen molar-refractivity contribution >= 4 is 51.7 Å². The predicted octanol–water partition coefficient (Wildman–Crippen LogP) is 5.49. The number of carbonyl (C=O) groups is 2. The van der Waals surface area contributed by atoms with Gasteiger partial charge in [0, 0.05) is 54.9 Å². The molecule has 0 saturated carbocycles. The van der Waals surface area contributed by atoms with Gasteiger partial charge in [0.15, 0.2) is 0 Å². The highest BCUT2D eigenvalue weighted by molar-refractivity contribution is 6.31. The van der Waals surface area contributed by atoms with E-state index in [0.29, 0.717) is 16.7 Å². The van der Waals surface area contributed by atoms with E-state index >= 15 is 0 Å². The number of hydrogen-bond donors (Lipinski definition) is 2. The van der Waals surface area contributed by atoms with Gasteiger partial charge < -0.3 is 15.1 Å². The van der Waals surface area contributed by atoms with Crippen molar-refractivity contribution in [1.82, 2.24) is 10.2 Å². The largest absolute Gasteiger partial charge is 0.369 e. The molecule has 2 amide bonds. The molecule has 0 aromatic heterocycles. The predicted molar refractivity (Wildman–Crippen MR) is 160 cm³/mol. The highest BCUT2D eigenvalue weighted by Crippen LogP contribution is 2.27. The number of anilines is 2. The fourth-order valence-electron chi connectivity index (χ4n) is 5.08. The van der Waals surface area contributed by atoms with Crippen molar-refractivity contribution in [3.05, 3.63) is 113 Å². The van der Waals surface area contributed by atoms with Gasteiger partial charge in [-0.1, -0.05) is 54.6 Å². The number of likely N-dealkylation sites (N-methyl/N-ethyl adjacent to an activating group) is 1. The molecule has 6 rings (SSSR count). The summed E-state index contributed by atoms with van der Waals surface area (Å²) in [7, 11) is 2.15. The van der Waals surface area contributed by atoms with Crippen LogP contribution < -0.4 is 15.5 Å². The van der Waals surface area contributed by atoms with Crippen LogP contribution in [0, 0.1) is 0 Å². The van der Waals surface area contributed by atoms with Crippen LogP contribution >= 0.6 is 0 Å². The van der Waals surface area contributed by atoms with Crippen molar-refractivity contribution in [3.8, 4) is 0 Å². The SMILES string of the molecule is CN1CCN(c2ccc(N/C=C3\C(=O)NC(=O)c4ccc(/C=C/c5ccc6ccccc6c5)cc43)cc2)CC1. The van der Waals surface area contributed by atoms with Gasteiger partial charge in [-0.15, -0.1) is 0 Å². The van der Waals surface area contributed by atoms with Crippen molar-refractivity contribution in [2.75, 3.05) is 43.4 Å². The average molecular weight is 515 g/mol. The molecule has 1 fully saturated rings. The number of imide groups is 1. The second-order valence-corrected chi connectivity index (χ2v) is 10.1. The van der Waals surface area contributed by atoms with E-state index in [2.05, 4.69) is 69.9 Å².